The van der Waals surface area contributed by atoms with Crippen LogP contribution >= 0.6 is 0 Å². The standard InChI is InChI=1S/C21H27N5O3/c1-14-8-15(2-5-24(14)17-12-29-13-17)9-16-3-7-26-18(10-16)19(11-22-26)25-6-4-20(27)23-21(25)28/h3,7,10-11,14-15,17H,2,4-6,8-9,12-13H2,1H3,(H,23,27,28)/t14-,15+/m0/s1. The second kappa shape index (κ2) is 7.42. The van der Waals surface area contributed by atoms with Gasteiger partial charge in [0.25, 0.3) is 0 Å². The molecule has 8 nitrogen and oxygen atoms in total. The molecule has 5 heterocycles. The minimum atomic E-state index is -0.372. The number of hydrogen-bond acceptors (Lipinski definition) is 5. The molecule has 2 aromatic heterocycles. The van der Waals surface area contributed by atoms with Gasteiger partial charge in [-0.25, -0.2) is 9.31 Å². The third-order valence-electron chi connectivity index (χ3n) is 6.56. The predicted molar refractivity (Wildman–Crippen MR) is 108 cm³/mol. The van der Waals surface area contributed by atoms with Gasteiger partial charge >= 0.3 is 6.03 Å². The zero-order valence-electron chi connectivity index (χ0n) is 16.7. The van der Waals surface area contributed by atoms with Crippen LogP contribution in [0.2, 0.25) is 0 Å². The number of nitrogens with one attached hydrogen (secondary N) is 1. The Kier molecular flexibility index (Phi) is 4.75. The highest BCUT2D eigenvalue weighted by Crippen LogP contribution is 2.30. The van der Waals surface area contributed by atoms with Crippen LogP contribution < -0.4 is 10.2 Å². The van der Waals surface area contributed by atoms with Gasteiger partial charge in [0.15, 0.2) is 0 Å². The number of rotatable bonds is 4. The van der Waals surface area contributed by atoms with Gasteiger partial charge in [-0.2, -0.15) is 5.10 Å². The van der Waals surface area contributed by atoms with Crippen molar-refractivity contribution in [3.63, 3.8) is 0 Å². The molecule has 2 atom stereocenters. The Hall–Kier alpha value is -2.45. The number of anilines is 1. The van der Waals surface area contributed by atoms with Crippen molar-refractivity contribution in [3.8, 4) is 0 Å². The average Bonchev–Trinajstić information content (AvgIpc) is 3.05. The highest BCUT2D eigenvalue weighted by atomic mass is 16.5. The number of amides is 3. The SMILES string of the molecule is C[C@H]1C[C@H](Cc2ccn3ncc(N4CCC(=O)NC4=O)c3c2)CCN1C1COC1. The molecule has 3 aliphatic heterocycles. The lowest BCUT2D eigenvalue weighted by Crippen LogP contribution is -2.55. The summed E-state index contributed by atoms with van der Waals surface area (Å²) >= 11 is 0. The Morgan fingerprint density at radius 3 is 2.86 bits per heavy atom. The van der Waals surface area contributed by atoms with E-state index in [1.807, 2.05) is 6.20 Å². The fourth-order valence-electron chi connectivity index (χ4n) is 4.90. The number of likely N-dealkylation sites (tertiary alicyclic amines) is 1. The largest absolute Gasteiger partial charge is 0.378 e. The maximum atomic E-state index is 12.2. The van der Waals surface area contributed by atoms with E-state index in [0.29, 0.717) is 31.0 Å². The van der Waals surface area contributed by atoms with Crippen molar-refractivity contribution in [1.82, 2.24) is 19.8 Å². The molecule has 0 aromatic carbocycles. The fraction of sp³-hybridized carbons (Fsp3) is 0.571. The van der Waals surface area contributed by atoms with Crippen LogP contribution in [-0.4, -0.2) is 64.8 Å². The summed E-state index contributed by atoms with van der Waals surface area (Å²) in [5.41, 5.74) is 2.93. The van der Waals surface area contributed by atoms with Crippen LogP contribution in [0, 0.1) is 5.92 Å². The van der Waals surface area contributed by atoms with Crippen LogP contribution in [0.4, 0.5) is 10.5 Å². The summed E-state index contributed by atoms with van der Waals surface area (Å²) in [6.07, 6.45) is 7.41. The molecular formula is C21H27N5O3. The molecular weight excluding hydrogens is 370 g/mol. The van der Waals surface area contributed by atoms with E-state index < -0.39 is 0 Å². The molecule has 154 valence electrons. The Morgan fingerprint density at radius 1 is 1.28 bits per heavy atom. The highest BCUT2D eigenvalue weighted by molar-refractivity contribution is 6.07. The summed E-state index contributed by atoms with van der Waals surface area (Å²) in [5, 5.41) is 6.77. The second-order valence-electron chi connectivity index (χ2n) is 8.52. The Labute approximate surface area is 169 Å². The third kappa shape index (κ3) is 3.51. The minimum absolute atomic E-state index is 0.225. The van der Waals surface area contributed by atoms with Crippen molar-refractivity contribution >= 4 is 23.1 Å². The van der Waals surface area contributed by atoms with E-state index in [1.165, 1.54) is 18.4 Å². The van der Waals surface area contributed by atoms with E-state index in [4.69, 9.17) is 4.74 Å². The van der Waals surface area contributed by atoms with Crippen molar-refractivity contribution < 1.29 is 14.3 Å². The van der Waals surface area contributed by atoms with E-state index in [9.17, 15) is 9.59 Å². The lowest BCUT2D eigenvalue weighted by molar-refractivity contribution is -0.120. The van der Waals surface area contributed by atoms with Crippen LogP contribution in [0.15, 0.2) is 24.5 Å². The van der Waals surface area contributed by atoms with E-state index in [2.05, 4.69) is 34.4 Å². The Bertz CT molecular complexity index is 938. The molecule has 0 unspecified atom stereocenters. The van der Waals surface area contributed by atoms with Crippen LogP contribution in [0.3, 0.4) is 0 Å². The van der Waals surface area contributed by atoms with E-state index in [0.717, 1.165) is 37.4 Å². The van der Waals surface area contributed by atoms with Gasteiger partial charge in [-0.1, -0.05) is 0 Å². The number of aromatic nitrogens is 2. The smallest absolute Gasteiger partial charge is 0.328 e. The number of nitrogens with zero attached hydrogens (tertiary/aromatic N) is 4. The zero-order valence-corrected chi connectivity index (χ0v) is 16.7. The monoisotopic (exact) mass is 397 g/mol. The van der Waals surface area contributed by atoms with E-state index >= 15 is 0 Å². The molecule has 0 aliphatic carbocycles. The molecule has 3 aliphatic rings. The summed E-state index contributed by atoms with van der Waals surface area (Å²) in [6, 6.07) is 5.09. The molecule has 3 amide bonds. The number of fused-ring (bicyclic) bond motifs is 1. The van der Waals surface area contributed by atoms with Crippen LogP contribution in [0.5, 0.6) is 0 Å². The van der Waals surface area contributed by atoms with E-state index in [-0.39, 0.29) is 11.9 Å². The summed E-state index contributed by atoms with van der Waals surface area (Å²) in [6.45, 7) is 5.62. The number of urea groups is 1. The van der Waals surface area contributed by atoms with Gasteiger partial charge in [-0.15, -0.1) is 0 Å². The molecule has 0 bridgehead atoms. The summed E-state index contributed by atoms with van der Waals surface area (Å²) in [5.74, 6) is 0.435. The van der Waals surface area contributed by atoms with Crippen molar-refractivity contribution in [2.75, 3.05) is 31.2 Å². The van der Waals surface area contributed by atoms with Gasteiger partial charge in [0, 0.05) is 25.2 Å². The summed E-state index contributed by atoms with van der Waals surface area (Å²) in [7, 11) is 0. The summed E-state index contributed by atoms with van der Waals surface area (Å²) < 4.78 is 7.16. The molecule has 3 saturated heterocycles. The summed E-state index contributed by atoms with van der Waals surface area (Å²) in [4.78, 5) is 27.9. The lowest BCUT2D eigenvalue weighted by atomic mass is 9.85. The molecule has 0 saturated carbocycles. The molecule has 0 spiro atoms. The van der Waals surface area contributed by atoms with Gasteiger partial charge < -0.3 is 4.74 Å². The number of hydrogen-bond donors (Lipinski definition) is 1. The molecule has 3 fully saturated rings. The van der Waals surface area contributed by atoms with E-state index in [1.54, 1.807) is 15.6 Å². The first-order chi connectivity index (χ1) is 14.1. The molecule has 29 heavy (non-hydrogen) atoms. The van der Waals surface area contributed by atoms with Crippen molar-refractivity contribution in [2.45, 2.75) is 44.7 Å². The van der Waals surface area contributed by atoms with Crippen molar-refractivity contribution in [1.29, 1.82) is 0 Å². The second-order valence-corrected chi connectivity index (χ2v) is 8.52. The van der Waals surface area contributed by atoms with Gasteiger partial charge in [0.1, 0.15) is 0 Å². The Balaban J connectivity index is 1.31. The molecule has 0 radical (unpaired) electrons. The minimum Gasteiger partial charge on any atom is -0.378 e. The zero-order chi connectivity index (χ0) is 20.0. The van der Waals surface area contributed by atoms with Crippen LogP contribution in [-0.2, 0) is 16.0 Å². The number of pyridine rings is 1. The van der Waals surface area contributed by atoms with Crippen molar-refractivity contribution in [2.24, 2.45) is 5.92 Å². The normalized spacial score (nSPS) is 26.6. The maximum absolute atomic E-state index is 12.2. The molecule has 1 N–H and O–H groups in total. The number of carbonyl (C=O) groups excluding carboxylic acids is 2. The van der Waals surface area contributed by atoms with Gasteiger partial charge in [-0.05, 0) is 56.3 Å². The quantitative estimate of drug-likeness (QED) is 0.851. The average molecular weight is 397 g/mol. The lowest BCUT2D eigenvalue weighted by Gasteiger charge is -2.45. The van der Waals surface area contributed by atoms with Gasteiger partial charge in [0.05, 0.1) is 36.7 Å². The topological polar surface area (TPSA) is 79.2 Å². The maximum Gasteiger partial charge on any atom is 0.328 e. The fourth-order valence-corrected chi connectivity index (χ4v) is 4.90. The first-order valence-corrected chi connectivity index (χ1v) is 10.5. The number of carbonyl (C=O) groups is 2. The first kappa shape index (κ1) is 18.6. The number of piperidine rings is 1. The Morgan fingerprint density at radius 2 is 2.14 bits per heavy atom. The van der Waals surface area contributed by atoms with Gasteiger partial charge in [0.2, 0.25) is 5.91 Å². The van der Waals surface area contributed by atoms with Crippen LogP contribution in [0.25, 0.3) is 5.52 Å². The number of imide groups is 1. The van der Waals surface area contributed by atoms with Crippen LogP contribution in [0.1, 0.15) is 31.7 Å². The molecule has 8 heteroatoms. The third-order valence-corrected chi connectivity index (χ3v) is 6.56. The van der Waals surface area contributed by atoms with Crippen molar-refractivity contribution in [3.05, 3.63) is 30.1 Å². The highest BCUT2D eigenvalue weighted by Gasteiger charge is 2.34. The van der Waals surface area contributed by atoms with Gasteiger partial charge in [-0.3, -0.25) is 19.9 Å². The molecule has 2 aromatic rings. The predicted octanol–water partition coefficient (Wildman–Crippen LogP) is 1.82. The first-order valence-electron chi connectivity index (χ1n) is 10.5. The number of ether oxygens (including phenoxy) is 1. The molecule has 5 rings (SSSR count).